The molecule has 3 heteroatoms. The smallest absolute Gasteiger partial charge is 0.251 e. The minimum atomic E-state index is -0.0130. The summed E-state index contributed by atoms with van der Waals surface area (Å²) in [6.07, 6.45) is 2.10. The van der Waals surface area contributed by atoms with Gasteiger partial charge < -0.3 is 11.1 Å². The van der Waals surface area contributed by atoms with Crippen LogP contribution in [0.25, 0.3) is 0 Å². The van der Waals surface area contributed by atoms with Crippen LogP contribution in [0.4, 0.5) is 5.69 Å². The van der Waals surface area contributed by atoms with Crippen molar-refractivity contribution in [1.82, 2.24) is 5.32 Å². The fourth-order valence-corrected chi connectivity index (χ4v) is 1.42. The average Bonchev–Trinajstić information content (AvgIpc) is 2.17. The molecule has 0 atom stereocenters. The zero-order valence-electron chi connectivity index (χ0n) is 9.34. The number of anilines is 1. The van der Waals surface area contributed by atoms with Gasteiger partial charge >= 0.3 is 0 Å². The molecule has 0 aliphatic heterocycles. The van der Waals surface area contributed by atoms with Crippen molar-refractivity contribution in [3.63, 3.8) is 0 Å². The number of hydrogen-bond donors (Lipinski definition) is 2. The molecule has 0 heterocycles. The molecule has 0 aromatic heterocycles. The van der Waals surface area contributed by atoms with E-state index in [1.807, 2.05) is 13.0 Å². The van der Waals surface area contributed by atoms with Gasteiger partial charge in [-0.3, -0.25) is 4.79 Å². The van der Waals surface area contributed by atoms with Crippen LogP contribution in [-0.4, -0.2) is 12.5 Å². The Morgan fingerprint density at radius 2 is 2.20 bits per heavy atom. The number of aryl methyl sites for hydroxylation is 1. The van der Waals surface area contributed by atoms with E-state index >= 15 is 0 Å². The van der Waals surface area contributed by atoms with Crippen LogP contribution < -0.4 is 11.1 Å². The first-order valence-electron chi connectivity index (χ1n) is 5.29. The van der Waals surface area contributed by atoms with Crippen LogP contribution in [0.3, 0.4) is 0 Å². The molecular weight excluding hydrogens is 188 g/mol. The number of unbranched alkanes of at least 4 members (excludes halogenated alkanes) is 1. The van der Waals surface area contributed by atoms with Crippen LogP contribution in [0.5, 0.6) is 0 Å². The molecule has 0 bridgehead atoms. The molecule has 82 valence electrons. The summed E-state index contributed by atoms with van der Waals surface area (Å²) < 4.78 is 0. The number of hydrogen-bond acceptors (Lipinski definition) is 2. The second-order valence-corrected chi connectivity index (χ2v) is 3.68. The molecule has 0 saturated heterocycles. The fourth-order valence-electron chi connectivity index (χ4n) is 1.42. The quantitative estimate of drug-likeness (QED) is 0.585. The van der Waals surface area contributed by atoms with Gasteiger partial charge in [0.15, 0.2) is 0 Å². The second-order valence-electron chi connectivity index (χ2n) is 3.68. The van der Waals surface area contributed by atoms with Gasteiger partial charge in [-0.1, -0.05) is 13.3 Å². The molecule has 0 aliphatic carbocycles. The van der Waals surface area contributed by atoms with Gasteiger partial charge in [0.05, 0.1) is 0 Å². The second kappa shape index (κ2) is 5.39. The zero-order valence-corrected chi connectivity index (χ0v) is 9.34. The van der Waals surface area contributed by atoms with Crippen molar-refractivity contribution in [2.24, 2.45) is 0 Å². The number of nitrogens with one attached hydrogen (secondary N) is 1. The molecule has 0 saturated carbocycles. The molecule has 1 amide bonds. The lowest BCUT2D eigenvalue weighted by Crippen LogP contribution is -2.25. The lowest BCUT2D eigenvalue weighted by Gasteiger charge is -2.07. The predicted octanol–water partition coefficient (Wildman–Crippen LogP) is 2.11. The average molecular weight is 206 g/mol. The maximum atomic E-state index is 11.7. The van der Waals surface area contributed by atoms with E-state index < -0.39 is 0 Å². The first-order chi connectivity index (χ1) is 7.15. The summed E-state index contributed by atoms with van der Waals surface area (Å²) in [7, 11) is 0. The highest BCUT2D eigenvalue weighted by atomic mass is 16.1. The summed E-state index contributed by atoms with van der Waals surface area (Å²) in [6, 6.07) is 5.34. The highest BCUT2D eigenvalue weighted by Gasteiger charge is 2.07. The fraction of sp³-hybridized carbons (Fsp3) is 0.417. The van der Waals surface area contributed by atoms with E-state index in [0.717, 1.165) is 24.9 Å². The first kappa shape index (κ1) is 11.6. The Morgan fingerprint density at radius 3 is 2.80 bits per heavy atom. The Bertz CT molecular complexity index is 347. The molecule has 0 unspecified atom stereocenters. The summed E-state index contributed by atoms with van der Waals surface area (Å²) in [5.41, 5.74) is 7.94. The Morgan fingerprint density at radius 1 is 1.47 bits per heavy atom. The molecule has 1 rings (SSSR count). The van der Waals surface area contributed by atoms with Crippen molar-refractivity contribution in [2.75, 3.05) is 12.3 Å². The van der Waals surface area contributed by atoms with E-state index in [0.29, 0.717) is 11.3 Å². The molecule has 1 aromatic rings. The highest BCUT2D eigenvalue weighted by Crippen LogP contribution is 2.12. The lowest BCUT2D eigenvalue weighted by atomic mass is 10.1. The van der Waals surface area contributed by atoms with Crippen LogP contribution in [-0.2, 0) is 0 Å². The van der Waals surface area contributed by atoms with Gasteiger partial charge in [-0.05, 0) is 37.1 Å². The van der Waals surface area contributed by atoms with E-state index in [2.05, 4.69) is 12.2 Å². The standard InChI is InChI=1S/C12H18N2O/c1-3-4-7-14-12(15)11-6-5-10(13)8-9(11)2/h5-6,8H,3-4,7,13H2,1-2H3,(H,14,15). The van der Waals surface area contributed by atoms with E-state index in [1.165, 1.54) is 0 Å². The minimum Gasteiger partial charge on any atom is -0.399 e. The summed E-state index contributed by atoms with van der Waals surface area (Å²) in [6.45, 7) is 4.73. The van der Waals surface area contributed by atoms with Crippen LogP contribution in [0.1, 0.15) is 35.7 Å². The van der Waals surface area contributed by atoms with Gasteiger partial charge in [0.25, 0.3) is 5.91 Å². The Balaban J connectivity index is 2.65. The van der Waals surface area contributed by atoms with Crippen molar-refractivity contribution in [2.45, 2.75) is 26.7 Å². The van der Waals surface area contributed by atoms with E-state index in [9.17, 15) is 4.79 Å². The molecular formula is C12H18N2O. The summed E-state index contributed by atoms with van der Waals surface area (Å²) in [5, 5.41) is 2.88. The molecule has 3 N–H and O–H groups in total. The molecule has 15 heavy (non-hydrogen) atoms. The van der Waals surface area contributed by atoms with Gasteiger partial charge in [0.2, 0.25) is 0 Å². The lowest BCUT2D eigenvalue weighted by molar-refractivity contribution is 0.0952. The Hall–Kier alpha value is -1.51. The van der Waals surface area contributed by atoms with Crippen LogP contribution in [0.2, 0.25) is 0 Å². The number of carbonyl (C=O) groups excluding carboxylic acids is 1. The van der Waals surface area contributed by atoms with Crippen molar-refractivity contribution in [3.8, 4) is 0 Å². The Kier molecular flexibility index (Phi) is 4.16. The molecule has 0 radical (unpaired) electrons. The maximum absolute atomic E-state index is 11.7. The third-order valence-electron chi connectivity index (χ3n) is 2.31. The third kappa shape index (κ3) is 3.27. The third-order valence-corrected chi connectivity index (χ3v) is 2.31. The number of nitrogen functional groups attached to an aromatic ring is 1. The van der Waals surface area contributed by atoms with E-state index in [-0.39, 0.29) is 5.91 Å². The molecule has 1 aromatic carbocycles. The molecule has 0 fully saturated rings. The van der Waals surface area contributed by atoms with Crippen LogP contribution >= 0.6 is 0 Å². The zero-order chi connectivity index (χ0) is 11.3. The summed E-state index contributed by atoms with van der Waals surface area (Å²) >= 11 is 0. The molecule has 0 aliphatic rings. The van der Waals surface area contributed by atoms with Crippen molar-refractivity contribution in [1.29, 1.82) is 0 Å². The normalized spacial score (nSPS) is 10.0. The highest BCUT2D eigenvalue weighted by molar-refractivity contribution is 5.95. The van der Waals surface area contributed by atoms with Gasteiger partial charge in [-0.2, -0.15) is 0 Å². The number of benzene rings is 1. The van der Waals surface area contributed by atoms with Gasteiger partial charge in [0.1, 0.15) is 0 Å². The van der Waals surface area contributed by atoms with Crippen molar-refractivity contribution >= 4 is 11.6 Å². The predicted molar refractivity (Wildman–Crippen MR) is 62.8 cm³/mol. The number of rotatable bonds is 4. The SMILES string of the molecule is CCCCNC(=O)c1ccc(N)cc1C. The van der Waals surface area contributed by atoms with E-state index in [1.54, 1.807) is 12.1 Å². The topological polar surface area (TPSA) is 55.1 Å². The Labute approximate surface area is 90.7 Å². The van der Waals surface area contributed by atoms with Crippen molar-refractivity contribution in [3.05, 3.63) is 29.3 Å². The summed E-state index contributed by atoms with van der Waals surface area (Å²) in [4.78, 5) is 11.7. The number of amides is 1. The number of carbonyl (C=O) groups is 1. The summed E-state index contributed by atoms with van der Waals surface area (Å²) in [5.74, 6) is -0.0130. The molecule has 0 spiro atoms. The first-order valence-corrected chi connectivity index (χ1v) is 5.29. The van der Waals surface area contributed by atoms with Crippen LogP contribution in [0.15, 0.2) is 18.2 Å². The largest absolute Gasteiger partial charge is 0.399 e. The molecule has 3 nitrogen and oxygen atoms in total. The minimum absolute atomic E-state index is 0.0130. The monoisotopic (exact) mass is 206 g/mol. The maximum Gasteiger partial charge on any atom is 0.251 e. The van der Waals surface area contributed by atoms with Crippen LogP contribution in [0, 0.1) is 6.92 Å². The van der Waals surface area contributed by atoms with E-state index in [4.69, 9.17) is 5.73 Å². The van der Waals surface area contributed by atoms with Gasteiger partial charge in [-0.15, -0.1) is 0 Å². The van der Waals surface area contributed by atoms with Crippen molar-refractivity contribution < 1.29 is 4.79 Å². The number of nitrogens with two attached hydrogens (primary N) is 1. The van der Waals surface area contributed by atoms with Gasteiger partial charge in [-0.25, -0.2) is 0 Å². The van der Waals surface area contributed by atoms with Gasteiger partial charge in [0, 0.05) is 17.8 Å².